The summed E-state index contributed by atoms with van der Waals surface area (Å²) in [5, 5.41) is 44.8. The van der Waals surface area contributed by atoms with Gasteiger partial charge in [0.25, 0.3) is 11.5 Å². The van der Waals surface area contributed by atoms with Gasteiger partial charge in [-0.2, -0.15) is 0 Å². The van der Waals surface area contributed by atoms with E-state index in [0.717, 1.165) is 48.0 Å². The number of carbonyl (C=O) groups is 4. The number of benzene rings is 3. The number of aliphatic hydroxyl groups is 1. The quantitative estimate of drug-likeness (QED) is 0.0956. The number of amides is 3. The molecule has 19 nitrogen and oxygen atoms in total. The number of fused-ring (bicyclic) bond motifs is 5. The zero-order valence-corrected chi connectivity index (χ0v) is 43.2. The summed E-state index contributed by atoms with van der Waals surface area (Å²) in [6.07, 6.45) is 2.87. The number of nitrogens with zero attached hydrogens (tertiary/aromatic N) is 8. The van der Waals surface area contributed by atoms with E-state index >= 15 is 0 Å². The topological polar surface area (TPSA) is 235 Å². The Labute approximate surface area is 433 Å². The van der Waals surface area contributed by atoms with Crippen LogP contribution in [0.4, 0.5) is 4.79 Å². The number of hydrogen-bond donors (Lipinski definition) is 4. The highest BCUT2D eigenvalue weighted by atomic mass is 16.6. The molecule has 0 radical (unpaired) electrons. The number of ether oxygens (including phenoxy) is 2. The van der Waals surface area contributed by atoms with Gasteiger partial charge >= 0.3 is 12.1 Å². The van der Waals surface area contributed by atoms with Crippen molar-refractivity contribution in [3.05, 3.63) is 110 Å². The summed E-state index contributed by atoms with van der Waals surface area (Å²) >= 11 is 0. The van der Waals surface area contributed by atoms with Crippen LogP contribution in [0.5, 0.6) is 17.2 Å². The first-order valence-corrected chi connectivity index (χ1v) is 26.0. The van der Waals surface area contributed by atoms with Gasteiger partial charge in [-0.05, 0) is 124 Å². The fourth-order valence-electron chi connectivity index (χ4n) is 11.3. The van der Waals surface area contributed by atoms with Crippen LogP contribution in [-0.4, -0.2) is 124 Å². The van der Waals surface area contributed by atoms with Crippen molar-refractivity contribution in [2.45, 2.75) is 110 Å². The lowest BCUT2D eigenvalue weighted by molar-refractivity contribution is -0.172. The lowest BCUT2D eigenvalue weighted by Crippen LogP contribution is -2.50. The highest BCUT2D eigenvalue weighted by Crippen LogP contribution is 2.42. The molecule has 3 amide bonds. The first-order chi connectivity index (χ1) is 36.0. The maximum Gasteiger partial charge on any atom is 0.415 e. The minimum Gasteiger partial charge on any atom is -0.508 e. The van der Waals surface area contributed by atoms with Crippen molar-refractivity contribution < 1.29 is 44.0 Å². The van der Waals surface area contributed by atoms with E-state index in [9.17, 15) is 39.3 Å². The van der Waals surface area contributed by atoms with Crippen LogP contribution >= 0.6 is 0 Å². The number of nitrogens with one attached hydrogen (secondary N) is 1. The summed E-state index contributed by atoms with van der Waals surface area (Å²) in [6, 6.07) is 17.6. The molecule has 2 fully saturated rings. The molecule has 4 N–H and O–H groups in total. The molecule has 4 aliphatic rings. The van der Waals surface area contributed by atoms with E-state index in [4.69, 9.17) is 14.5 Å². The molecule has 0 aliphatic carbocycles. The lowest BCUT2D eigenvalue weighted by atomic mass is 9.86. The third-order valence-corrected chi connectivity index (χ3v) is 15.7. The number of hydrogen-bond acceptors (Lipinski definition) is 14. The zero-order valence-electron chi connectivity index (χ0n) is 43.2. The minimum atomic E-state index is -1.92. The van der Waals surface area contributed by atoms with Crippen LogP contribution in [-0.2, 0) is 46.0 Å². The van der Waals surface area contributed by atoms with E-state index in [1.165, 1.54) is 6.07 Å². The van der Waals surface area contributed by atoms with Crippen LogP contribution in [0.1, 0.15) is 117 Å². The third kappa shape index (κ3) is 9.15. The minimum absolute atomic E-state index is 0.0279. The molecule has 0 spiro atoms. The number of likely N-dealkylation sites (tertiary alicyclic amines) is 2. The van der Waals surface area contributed by atoms with Crippen molar-refractivity contribution in [3.8, 4) is 45.7 Å². The van der Waals surface area contributed by atoms with E-state index in [1.807, 2.05) is 62.9 Å². The Morgan fingerprint density at radius 3 is 2.32 bits per heavy atom. The maximum absolute atomic E-state index is 13.9. The van der Waals surface area contributed by atoms with Gasteiger partial charge in [-0.15, -0.1) is 10.2 Å². The van der Waals surface area contributed by atoms with Gasteiger partial charge in [0.1, 0.15) is 23.9 Å². The van der Waals surface area contributed by atoms with Crippen LogP contribution in [0.3, 0.4) is 0 Å². The molecule has 4 aliphatic heterocycles. The summed E-state index contributed by atoms with van der Waals surface area (Å²) in [7, 11) is 1.73. The number of rotatable bonds is 12. The molecule has 2 saturated heterocycles. The Kier molecular flexibility index (Phi) is 13.7. The van der Waals surface area contributed by atoms with Gasteiger partial charge < -0.3 is 44.5 Å². The monoisotopic (exact) mass is 1020 g/mol. The van der Waals surface area contributed by atoms with Crippen LogP contribution in [0, 0.1) is 5.92 Å². The number of pyridine rings is 2. The third-order valence-electron chi connectivity index (χ3n) is 15.7. The largest absolute Gasteiger partial charge is 0.508 e. The predicted octanol–water partition coefficient (Wildman–Crippen LogP) is 6.51. The molecule has 3 aromatic carbocycles. The Morgan fingerprint density at radius 2 is 1.64 bits per heavy atom. The fourth-order valence-corrected chi connectivity index (χ4v) is 11.3. The van der Waals surface area contributed by atoms with Gasteiger partial charge in [-0.1, -0.05) is 39.8 Å². The van der Waals surface area contributed by atoms with Crippen molar-refractivity contribution >= 4 is 34.8 Å². The molecule has 0 saturated carbocycles. The number of phenols is 2. The predicted molar refractivity (Wildman–Crippen MR) is 278 cm³/mol. The lowest BCUT2D eigenvalue weighted by Gasteiger charge is -2.39. The highest BCUT2D eigenvalue weighted by Gasteiger charge is 2.46. The molecule has 7 heterocycles. The molecule has 75 heavy (non-hydrogen) atoms. The molecular formula is C56H63N9O10. The fraction of sp³-hybridized carbons (Fsp3) is 0.429. The number of piperidine rings is 2. The number of carbonyl (C=O) groups excluding carboxylic acids is 4. The zero-order chi connectivity index (χ0) is 53.0. The second-order valence-corrected chi connectivity index (χ2v) is 20.4. The number of phenolic OH excluding ortho intramolecular Hbond substituents is 2. The standard InChI is InChI=1S/C56H63N9O10/c1-7-37-39-24-36(14-15-44(39)58-48-41(37)29-64-45(48)26-43-42(53(64)70)30-74-54(71)56(43,73)8-2)75-55(72)61(6)34-18-22-63(23-19-34)52(69)33-16-20-62(21-17-33)28-32-10-12-35(13-11-32)65-49(59-60-50(65)51(68)57-9-3)40-25-38(31(4)5)46(66)27-47(40)67/h10-15,24-27,31,33-34,66-67,73H,7-9,16-23,28-30H2,1-6H3,(H,57,68)/t56-/m0/s1. The van der Waals surface area contributed by atoms with Crippen LogP contribution in [0.15, 0.2) is 65.5 Å². The van der Waals surface area contributed by atoms with Gasteiger partial charge in [0.05, 0.1) is 34.6 Å². The first-order valence-electron chi connectivity index (χ1n) is 26.0. The average molecular weight is 1020 g/mol. The Hall–Kier alpha value is -7.64. The van der Waals surface area contributed by atoms with E-state index in [0.29, 0.717) is 84.9 Å². The van der Waals surface area contributed by atoms with Gasteiger partial charge in [0, 0.05) is 73.5 Å². The molecule has 3 aromatic heterocycles. The molecule has 19 heteroatoms. The Bertz CT molecular complexity index is 3320. The number of cyclic esters (lactones) is 1. The molecule has 0 unspecified atom stereocenters. The first kappa shape index (κ1) is 50.9. The highest BCUT2D eigenvalue weighted by molar-refractivity contribution is 5.93. The van der Waals surface area contributed by atoms with E-state index < -0.39 is 23.6 Å². The molecule has 1 atom stereocenters. The summed E-state index contributed by atoms with van der Waals surface area (Å²) in [4.78, 5) is 78.0. The SMILES string of the molecule is CCNC(=O)c1nnc(-c2cc(C(C)C)c(O)cc2O)n1-c1ccc(CN2CCC(C(=O)N3CCC(N(C)C(=O)Oc4ccc5nc6c(c(CC)c5c4)Cn4c-6cc5c(c4=O)COC(=O)[C@]5(O)CC)CC3)CC2)cc1. The van der Waals surface area contributed by atoms with Gasteiger partial charge in [0.2, 0.25) is 11.7 Å². The maximum atomic E-state index is 13.9. The van der Waals surface area contributed by atoms with E-state index in [2.05, 4.69) is 20.4 Å². The second kappa shape index (κ2) is 20.2. The van der Waals surface area contributed by atoms with Crippen molar-refractivity contribution in [1.82, 2.24) is 44.3 Å². The van der Waals surface area contributed by atoms with Gasteiger partial charge in [0.15, 0.2) is 11.4 Å². The van der Waals surface area contributed by atoms with E-state index in [-0.39, 0.29) is 83.2 Å². The smallest absolute Gasteiger partial charge is 0.415 e. The summed E-state index contributed by atoms with van der Waals surface area (Å²) < 4.78 is 14.4. The molecule has 6 aromatic rings. The van der Waals surface area contributed by atoms with Crippen LogP contribution < -0.4 is 15.6 Å². The van der Waals surface area contributed by atoms with Crippen molar-refractivity contribution in [2.75, 3.05) is 39.8 Å². The van der Waals surface area contributed by atoms with E-state index in [1.54, 1.807) is 52.3 Å². The summed E-state index contributed by atoms with van der Waals surface area (Å²) in [5.74, 6) is -0.683. The normalized spacial score (nSPS) is 17.9. The van der Waals surface area contributed by atoms with Crippen LogP contribution in [0.25, 0.3) is 39.4 Å². The molecule has 10 rings (SSSR count). The van der Waals surface area contributed by atoms with Crippen molar-refractivity contribution in [1.29, 1.82) is 0 Å². The second-order valence-electron chi connectivity index (χ2n) is 20.4. The Balaban J connectivity index is 0.737. The molecule has 0 bridgehead atoms. The number of aromatic hydroxyl groups is 2. The van der Waals surface area contributed by atoms with Gasteiger partial charge in [-0.3, -0.25) is 23.9 Å². The van der Waals surface area contributed by atoms with Gasteiger partial charge in [-0.25, -0.2) is 14.6 Å². The summed E-state index contributed by atoms with van der Waals surface area (Å²) in [6.45, 7) is 13.1. The van der Waals surface area contributed by atoms with Crippen molar-refractivity contribution in [3.63, 3.8) is 0 Å². The van der Waals surface area contributed by atoms with Crippen LogP contribution in [0.2, 0.25) is 0 Å². The summed E-state index contributed by atoms with van der Waals surface area (Å²) in [5.41, 5.74) is 4.54. The molecule has 392 valence electrons. The number of aryl methyl sites for hydroxylation is 1. The molecular weight excluding hydrogens is 959 g/mol. The number of aromatic nitrogens is 5. The number of esters is 1. The Morgan fingerprint density at radius 1 is 0.907 bits per heavy atom. The van der Waals surface area contributed by atoms with Crippen molar-refractivity contribution in [2.24, 2.45) is 5.92 Å². The average Bonchev–Trinajstić information content (AvgIpc) is 4.04.